The van der Waals surface area contributed by atoms with Crippen LogP contribution in [0.3, 0.4) is 0 Å². The van der Waals surface area contributed by atoms with E-state index in [0.717, 1.165) is 30.0 Å². The number of nitrogens with zero attached hydrogens (tertiary/aromatic N) is 2. The van der Waals surface area contributed by atoms with Crippen LogP contribution in [0.2, 0.25) is 0 Å². The lowest BCUT2D eigenvalue weighted by atomic mass is 10.1. The van der Waals surface area contributed by atoms with Crippen LogP contribution in [0.4, 0.5) is 11.6 Å². The monoisotopic (exact) mass is 251 g/mol. The Kier molecular flexibility index (Phi) is 5.90. The minimum absolute atomic E-state index is 0.274. The molecular formula is C12H21N5O. The quantitative estimate of drug-likeness (QED) is 0.603. The van der Waals surface area contributed by atoms with Crippen molar-refractivity contribution in [3.63, 3.8) is 0 Å². The predicted octanol–water partition coefficient (Wildman–Crippen LogP) is 1.15. The molecule has 0 spiro atoms. The average Bonchev–Trinajstić information content (AvgIpc) is 2.36. The van der Waals surface area contributed by atoms with Gasteiger partial charge in [0, 0.05) is 25.6 Å². The summed E-state index contributed by atoms with van der Waals surface area (Å²) < 4.78 is 0. The molecule has 0 aliphatic heterocycles. The molecule has 1 heterocycles. The van der Waals surface area contributed by atoms with Gasteiger partial charge in [0.1, 0.15) is 18.0 Å². The molecule has 1 aromatic rings. The summed E-state index contributed by atoms with van der Waals surface area (Å²) in [6, 6.07) is 0. The van der Waals surface area contributed by atoms with Crippen molar-refractivity contribution in [2.75, 3.05) is 24.2 Å². The molecule has 0 aromatic carbocycles. The second kappa shape index (κ2) is 7.47. The standard InChI is InChI=1S/C12H21N5O/c1-3-5-9-11(14-2)16-8-17-12(9)15-7-4-6-10(13)18/h8H,3-7H2,1-2H3,(H2,13,18)(H2,14,15,16,17). The number of hydrogen-bond acceptors (Lipinski definition) is 5. The van der Waals surface area contributed by atoms with Gasteiger partial charge in [-0.15, -0.1) is 0 Å². The van der Waals surface area contributed by atoms with E-state index in [4.69, 9.17) is 5.73 Å². The van der Waals surface area contributed by atoms with Gasteiger partial charge < -0.3 is 16.4 Å². The number of anilines is 2. The largest absolute Gasteiger partial charge is 0.373 e. The van der Waals surface area contributed by atoms with E-state index in [1.54, 1.807) is 0 Å². The average molecular weight is 251 g/mol. The lowest BCUT2D eigenvalue weighted by Crippen LogP contribution is -2.14. The second-order valence-corrected chi connectivity index (χ2v) is 4.05. The first-order valence-electron chi connectivity index (χ1n) is 6.22. The van der Waals surface area contributed by atoms with E-state index in [2.05, 4.69) is 27.5 Å². The van der Waals surface area contributed by atoms with Gasteiger partial charge in [0.2, 0.25) is 5.91 Å². The summed E-state index contributed by atoms with van der Waals surface area (Å²) in [6.07, 6.45) is 4.56. The first-order chi connectivity index (χ1) is 8.69. The van der Waals surface area contributed by atoms with Gasteiger partial charge in [-0.3, -0.25) is 4.79 Å². The Hall–Kier alpha value is -1.85. The van der Waals surface area contributed by atoms with Crippen molar-refractivity contribution < 1.29 is 4.79 Å². The van der Waals surface area contributed by atoms with Crippen LogP contribution in [0.5, 0.6) is 0 Å². The minimum atomic E-state index is -0.274. The van der Waals surface area contributed by atoms with Crippen LogP contribution < -0.4 is 16.4 Å². The number of carbonyl (C=O) groups is 1. The fourth-order valence-corrected chi connectivity index (χ4v) is 1.74. The Morgan fingerprint density at radius 2 is 2.11 bits per heavy atom. The normalized spacial score (nSPS) is 10.1. The van der Waals surface area contributed by atoms with Crippen molar-refractivity contribution in [2.24, 2.45) is 5.73 Å². The number of nitrogens with one attached hydrogen (secondary N) is 2. The molecule has 100 valence electrons. The van der Waals surface area contributed by atoms with Crippen LogP contribution in [-0.4, -0.2) is 29.5 Å². The van der Waals surface area contributed by atoms with E-state index in [1.807, 2.05) is 7.05 Å². The smallest absolute Gasteiger partial charge is 0.217 e. The maximum Gasteiger partial charge on any atom is 0.217 e. The number of primary amides is 1. The molecule has 0 saturated carbocycles. The molecule has 18 heavy (non-hydrogen) atoms. The zero-order valence-corrected chi connectivity index (χ0v) is 11.0. The van der Waals surface area contributed by atoms with Gasteiger partial charge in [-0.25, -0.2) is 9.97 Å². The molecule has 1 aromatic heterocycles. The zero-order valence-electron chi connectivity index (χ0n) is 11.0. The molecule has 0 saturated heterocycles. The fraction of sp³-hybridized carbons (Fsp3) is 0.583. The third kappa shape index (κ3) is 4.20. The van der Waals surface area contributed by atoms with E-state index < -0.39 is 0 Å². The molecule has 0 fully saturated rings. The number of rotatable bonds is 8. The van der Waals surface area contributed by atoms with Crippen LogP contribution in [-0.2, 0) is 11.2 Å². The molecule has 4 N–H and O–H groups in total. The van der Waals surface area contributed by atoms with Crippen molar-refractivity contribution in [2.45, 2.75) is 32.6 Å². The molecule has 0 radical (unpaired) electrons. The topological polar surface area (TPSA) is 92.9 Å². The summed E-state index contributed by atoms with van der Waals surface area (Å²) in [5, 5.41) is 6.29. The summed E-state index contributed by atoms with van der Waals surface area (Å²) in [6.45, 7) is 2.79. The fourth-order valence-electron chi connectivity index (χ4n) is 1.74. The Morgan fingerprint density at radius 1 is 1.39 bits per heavy atom. The molecule has 0 unspecified atom stereocenters. The van der Waals surface area contributed by atoms with Crippen LogP contribution in [0, 0.1) is 0 Å². The summed E-state index contributed by atoms with van der Waals surface area (Å²) in [5.41, 5.74) is 6.18. The molecule has 0 atom stereocenters. The summed E-state index contributed by atoms with van der Waals surface area (Å²) in [5.74, 6) is 1.41. The second-order valence-electron chi connectivity index (χ2n) is 4.05. The first kappa shape index (κ1) is 14.2. The Labute approximate surface area is 107 Å². The van der Waals surface area contributed by atoms with E-state index in [9.17, 15) is 4.79 Å². The van der Waals surface area contributed by atoms with Crippen LogP contribution in [0.15, 0.2) is 6.33 Å². The van der Waals surface area contributed by atoms with Gasteiger partial charge in [-0.2, -0.15) is 0 Å². The lowest BCUT2D eigenvalue weighted by molar-refractivity contribution is -0.118. The zero-order chi connectivity index (χ0) is 13.4. The highest BCUT2D eigenvalue weighted by molar-refractivity contribution is 5.73. The Balaban J connectivity index is 2.65. The third-order valence-corrected chi connectivity index (χ3v) is 2.57. The summed E-state index contributed by atoms with van der Waals surface area (Å²) in [4.78, 5) is 19.1. The van der Waals surface area contributed by atoms with Gasteiger partial charge in [0.15, 0.2) is 0 Å². The van der Waals surface area contributed by atoms with E-state index in [0.29, 0.717) is 19.4 Å². The lowest BCUT2D eigenvalue weighted by Gasteiger charge is -2.13. The van der Waals surface area contributed by atoms with Crippen molar-refractivity contribution >= 4 is 17.5 Å². The van der Waals surface area contributed by atoms with E-state index in [-0.39, 0.29) is 5.91 Å². The molecule has 0 aliphatic rings. The maximum atomic E-state index is 10.6. The Morgan fingerprint density at radius 3 is 2.72 bits per heavy atom. The van der Waals surface area contributed by atoms with E-state index in [1.165, 1.54) is 6.33 Å². The van der Waals surface area contributed by atoms with Gasteiger partial charge in [-0.1, -0.05) is 13.3 Å². The minimum Gasteiger partial charge on any atom is -0.373 e. The SMILES string of the molecule is CCCc1c(NC)ncnc1NCCCC(N)=O. The highest BCUT2D eigenvalue weighted by atomic mass is 16.1. The number of hydrogen-bond donors (Lipinski definition) is 3. The van der Waals surface area contributed by atoms with Gasteiger partial charge in [0.25, 0.3) is 0 Å². The molecule has 6 heteroatoms. The van der Waals surface area contributed by atoms with Crippen LogP contribution >= 0.6 is 0 Å². The van der Waals surface area contributed by atoms with E-state index >= 15 is 0 Å². The van der Waals surface area contributed by atoms with Gasteiger partial charge >= 0.3 is 0 Å². The van der Waals surface area contributed by atoms with Crippen LogP contribution in [0.1, 0.15) is 31.7 Å². The molecule has 6 nitrogen and oxygen atoms in total. The van der Waals surface area contributed by atoms with Crippen molar-refractivity contribution in [1.29, 1.82) is 0 Å². The highest BCUT2D eigenvalue weighted by Gasteiger charge is 2.09. The van der Waals surface area contributed by atoms with Crippen LogP contribution in [0.25, 0.3) is 0 Å². The molecule has 1 amide bonds. The summed E-state index contributed by atoms with van der Waals surface area (Å²) >= 11 is 0. The number of aromatic nitrogens is 2. The number of amides is 1. The molecule has 1 rings (SSSR count). The number of nitrogens with two attached hydrogens (primary N) is 1. The van der Waals surface area contributed by atoms with Crippen molar-refractivity contribution in [3.05, 3.63) is 11.9 Å². The number of carbonyl (C=O) groups excluding carboxylic acids is 1. The Bertz CT molecular complexity index is 394. The molecule has 0 bridgehead atoms. The van der Waals surface area contributed by atoms with Crippen molar-refractivity contribution in [3.8, 4) is 0 Å². The molecule has 0 aliphatic carbocycles. The van der Waals surface area contributed by atoms with Gasteiger partial charge in [-0.05, 0) is 12.8 Å². The first-order valence-corrected chi connectivity index (χ1v) is 6.22. The van der Waals surface area contributed by atoms with Crippen molar-refractivity contribution in [1.82, 2.24) is 9.97 Å². The highest BCUT2D eigenvalue weighted by Crippen LogP contribution is 2.21. The summed E-state index contributed by atoms with van der Waals surface area (Å²) in [7, 11) is 1.85. The maximum absolute atomic E-state index is 10.6. The third-order valence-electron chi connectivity index (χ3n) is 2.57. The van der Waals surface area contributed by atoms with Gasteiger partial charge in [0.05, 0.1) is 0 Å². The predicted molar refractivity (Wildman–Crippen MR) is 72.5 cm³/mol. The molecular weight excluding hydrogens is 230 g/mol.